The number of amides is 1. The van der Waals surface area contributed by atoms with Crippen molar-refractivity contribution in [2.75, 3.05) is 11.1 Å². The van der Waals surface area contributed by atoms with Gasteiger partial charge in [0.2, 0.25) is 0 Å². The zero-order valence-corrected chi connectivity index (χ0v) is 10.8. The van der Waals surface area contributed by atoms with Gasteiger partial charge in [-0.25, -0.2) is 4.39 Å². The number of benzene rings is 2. The summed E-state index contributed by atoms with van der Waals surface area (Å²) in [6, 6.07) is 9.79. The van der Waals surface area contributed by atoms with Gasteiger partial charge in [0.15, 0.2) is 0 Å². The summed E-state index contributed by atoms with van der Waals surface area (Å²) in [4.78, 5) is 12.1. The molecule has 0 aliphatic carbocycles. The van der Waals surface area contributed by atoms with Crippen molar-refractivity contribution >= 4 is 17.3 Å². The van der Waals surface area contributed by atoms with Crippen LogP contribution >= 0.6 is 0 Å². The third kappa shape index (κ3) is 2.73. The van der Waals surface area contributed by atoms with Crippen LogP contribution in [0.4, 0.5) is 15.8 Å². The Kier molecular flexibility index (Phi) is 3.51. The maximum atomic E-state index is 13.4. The summed E-state index contributed by atoms with van der Waals surface area (Å²) < 4.78 is 13.4. The minimum absolute atomic E-state index is 0.343. The zero-order chi connectivity index (χ0) is 14.0. The lowest BCUT2D eigenvalue weighted by Crippen LogP contribution is -2.14. The Balaban J connectivity index is 2.26. The predicted octanol–water partition coefficient (Wildman–Crippen LogP) is 3.28. The molecule has 0 aliphatic rings. The normalized spacial score (nSPS) is 10.3. The highest BCUT2D eigenvalue weighted by atomic mass is 19.1. The second-order valence-electron chi connectivity index (χ2n) is 4.45. The lowest BCUT2D eigenvalue weighted by atomic mass is 10.1. The van der Waals surface area contributed by atoms with Crippen LogP contribution < -0.4 is 11.1 Å². The van der Waals surface area contributed by atoms with Crippen LogP contribution in [0.5, 0.6) is 0 Å². The maximum Gasteiger partial charge on any atom is 0.257 e. The van der Waals surface area contributed by atoms with Crippen LogP contribution in [0, 0.1) is 19.7 Å². The van der Waals surface area contributed by atoms with Crippen molar-refractivity contribution in [1.82, 2.24) is 0 Å². The Bertz CT molecular complexity index is 638. The molecule has 19 heavy (non-hydrogen) atoms. The number of nitrogen functional groups attached to an aromatic ring is 1. The minimum atomic E-state index is -0.352. The largest absolute Gasteiger partial charge is 0.398 e. The van der Waals surface area contributed by atoms with E-state index < -0.39 is 0 Å². The molecule has 0 heterocycles. The van der Waals surface area contributed by atoms with Gasteiger partial charge in [-0.2, -0.15) is 0 Å². The fourth-order valence-electron chi connectivity index (χ4n) is 1.75. The molecule has 2 aromatic rings. The standard InChI is InChI=1S/C15H15FN2O/c1-9-6-7-11(8-13(9)16)18-15(19)12-5-3-4-10(2)14(12)17/h3-8H,17H2,1-2H3,(H,18,19). The number of aryl methyl sites for hydroxylation is 2. The van der Waals surface area contributed by atoms with Crippen molar-refractivity contribution < 1.29 is 9.18 Å². The number of carbonyl (C=O) groups excluding carboxylic acids is 1. The van der Waals surface area contributed by atoms with Crippen LogP contribution in [-0.4, -0.2) is 5.91 Å². The monoisotopic (exact) mass is 258 g/mol. The van der Waals surface area contributed by atoms with E-state index in [-0.39, 0.29) is 11.7 Å². The first kappa shape index (κ1) is 13.1. The molecule has 0 aromatic heterocycles. The van der Waals surface area contributed by atoms with Crippen LogP contribution in [0.3, 0.4) is 0 Å². The SMILES string of the molecule is Cc1ccc(NC(=O)c2cccc(C)c2N)cc1F. The Morgan fingerprint density at radius 1 is 1.16 bits per heavy atom. The highest BCUT2D eigenvalue weighted by Gasteiger charge is 2.11. The van der Waals surface area contributed by atoms with Crippen molar-refractivity contribution in [3.63, 3.8) is 0 Å². The molecule has 4 heteroatoms. The van der Waals surface area contributed by atoms with E-state index in [1.54, 1.807) is 31.2 Å². The first-order valence-corrected chi connectivity index (χ1v) is 5.91. The number of rotatable bonds is 2. The van der Waals surface area contributed by atoms with Gasteiger partial charge < -0.3 is 11.1 Å². The quantitative estimate of drug-likeness (QED) is 0.812. The first-order valence-electron chi connectivity index (χ1n) is 5.91. The average Bonchev–Trinajstić information content (AvgIpc) is 2.37. The van der Waals surface area contributed by atoms with Gasteiger partial charge >= 0.3 is 0 Å². The smallest absolute Gasteiger partial charge is 0.257 e. The van der Waals surface area contributed by atoms with Crippen molar-refractivity contribution in [1.29, 1.82) is 0 Å². The van der Waals surface area contributed by atoms with Gasteiger partial charge in [0, 0.05) is 11.4 Å². The minimum Gasteiger partial charge on any atom is -0.398 e. The topological polar surface area (TPSA) is 55.1 Å². The van der Waals surface area contributed by atoms with Crippen LogP contribution in [-0.2, 0) is 0 Å². The molecule has 0 saturated heterocycles. The lowest BCUT2D eigenvalue weighted by molar-refractivity contribution is 0.102. The molecule has 2 aromatic carbocycles. The van der Waals surface area contributed by atoms with E-state index in [4.69, 9.17) is 5.73 Å². The van der Waals surface area contributed by atoms with Gasteiger partial charge in [-0.1, -0.05) is 18.2 Å². The van der Waals surface area contributed by atoms with Crippen molar-refractivity contribution in [2.24, 2.45) is 0 Å². The molecule has 0 saturated carbocycles. The number of nitrogens with two attached hydrogens (primary N) is 1. The van der Waals surface area contributed by atoms with E-state index in [1.165, 1.54) is 6.07 Å². The van der Waals surface area contributed by atoms with Gasteiger partial charge in [0.1, 0.15) is 5.82 Å². The van der Waals surface area contributed by atoms with Gasteiger partial charge in [-0.15, -0.1) is 0 Å². The maximum absolute atomic E-state index is 13.4. The molecule has 0 unspecified atom stereocenters. The second kappa shape index (κ2) is 5.10. The third-order valence-electron chi connectivity index (χ3n) is 3.00. The third-order valence-corrected chi connectivity index (χ3v) is 3.00. The summed E-state index contributed by atoms with van der Waals surface area (Å²) in [7, 11) is 0. The van der Waals surface area contributed by atoms with E-state index in [9.17, 15) is 9.18 Å². The summed E-state index contributed by atoms with van der Waals surface area (Å²) in [5, 5.41) is 2.64. The van der Waals surface area contributed by atoms with Gasteiger partial charge in [-0.05, 0) is 43.2 Å². The highest BCUT2D eigenvalue weighted by molar-refractivity contribution is 6.08. The Morgan fingerprint density at radius 3 is 2.58 bits per heavy atom. The fourth-order valence-corrected chi connectivity index (χ4v) is 1.75. The van der Waals surface area contributed by atoms with Crippen molar-refractivity contribution in [3.8, 4) is 0 Å². The number of halogens is 1. The average molecular weight is 258 g/mol. The van der Waals surface area contributed by atoms with Gasteiger partial charge in [-0.3, -0.25) is 4.79 Å². The molecule has 0 spiro atoms. The Hall–Kier alpha value is -2.36. The van der Waals surface area contributed by atoms with E-state index in [1.807, 2.05) is 13.0 Å². The van der Waals surface area contributed by atoms with Gasteiger partial charge in [0.25, 0.3) is 5.91 Å². The van der Waals surface area contributed by atoms with Crippen LogP contribution in [0.25, 0.3) is 0 Å². The molecular weight excluding hydrogens is 243 g/mol. The van der Waals surface area contributed by atoms with Crippen LogP contribution in [0.15, 0.2) is 36.4 Å². The lowest BCUT2D eigenvalue weighted by Gasteiger charge is -2.09. The molecule has 0 aliphatic heterocycles. The molecule has 0 atom stereocenters. The molecule has 0 bridgehead atoms. The molecule has 1 amide bonds. The second-order valence-corrected chi connectivity index (χ2v) is 4.45. The number of anilines is 2. The number of hydrogen-bond donors (Lipinski definition) is 2. The van der Waals surface area contributed by atoms with E-state index in [0.29, 0.717) is 22.5 Å². The number of carbonyl (C=O) groups is 1. The van der Waals surface area contributed by atoms with E-state index in [0.717, 1.165) is 5.56 Å². The molecule has 0 radical (unpaired) electrons. The van der Waals surface area contributed by atoms with Gasteiger partial charge in [0.05, 0.1) is 5.56 Å². The Labute approximate surface area is 111 Å². The molecular formula is C15H15FN2O. The summed E-state index contributed by atoms with van der Waals surface area (Å²) in [6.45, 7) is 3.50. The highest BCUT2D eigenvalue weighted by Crippen LogP contribution is 2.19. The van der Waals surface area contributed by atoms with Crippen molar-refractivity contribution in [3.05, 3.63) is 58.9 Å². The molecule has 0 fully saturated rings. The first-order chi connectivity index (χ1) is 8.99. The molecule has 3 N–H and O–H groups in total. The predicted molar refractivity (Wildman–Crippen MR) is 74.7 cm³/mol. The molecule has 3 nitrogen and oxygen atoms in total. The van der Waals surface area contributed by atoms with Crippen molar-refractivity contribution in [2.45, 2.75) is 13.8 Å². The van der Waals surface area contributed by atoms with Crippen LogP contribution in [0.2, 0.25) is 0 Å². The fraction of sp³-hybridized carbons (Fsp3) is 0.133. The number of hydrogen-bond acceptors (Lipinski definition) is 2. The number of nitrogens with one attached hydrogen (secondary N) is 1. The molecule has 98 valence electrons. The summed E-state index contributed by atoms with van der Waals surface area (Å²) >= 11 is 0. The molecule has 2 rings (SSSR count). The van der Waals surface area contributed by atoms with E-state index in [2.05, 4.69) is 5.32 Å². The van der Waals surface area contributed by atoms with E-state index >= 15 is 0 Å². The summed E-state index contributed by atoms with van der Waals surface area (Å²) in [5.74, 6) is -0.695. The zero-order valence-electron chi connectivity index (χ0n) is 10.8. The Morgan fingerprint density at radius 2 is 1.89 bits per heavy atom. The van der Waals surface area contributed by atoms with Crippen LogP contribution in [0.1, 0.15) is 21.5 Å². The summed E-state index contributed by atoms with van der Waals surface area (Å²) in [6.07, 6.45) is 0. The summed E-state index contributed by atoms with van der Waals surface area (Å²) in [5.41, 5.74) is 8.47. The number of para-hydroxylation sites is 1.